The zero-order chi connectivity index (χ0) is 22.2. The monoisotopic (exact) mass is 468 g/mol. The molecule has 0 aliphatic rings. The van der Waals surface area contributed by atoms with Crippen LogP contribution in [0.15, 0.2) is 60.9 Å². The summed E-state index contributed by atoms with van der Waals surface area (Å²) in [5, 5.41) is 17.4. The molecule has 8 heteroatoms. The van der Waals surface area contributed by atoms with E-state index in [-0.39, 0.29) is 0 Å². The Labute approximate surface area is 197 Å². The molecule has 0 bridgehead atoms. The predicted octanol–water partition coefficient (Wildman–Crippen LogP) is 4.79. The molecule has 32 heavy (non-hydrogen) atoms. The van der Waals surface area contributed by atoms with E-state index in [0.29, 0.717) is 10.0 Å². The molecule has 0 unspecified atom stereocenters. The van der Waals surface area contributed by atoms with E-state index >= 15 is 0 Å². The second-order valence-electron chi connectivity index (χ2n) is 7.39. The maximum atomic E-state index is 6.05. The molecule has 166 valence electrons. The first-order valence-electron chi connectivity index (χ1n) is 10.7. The Kier molecular flexibility index (Phi) is 7.96. The van der Waals surface area contributed by atoms with Gasteiger partial charge in [-0.25, -0.2) is 0 Å². The molecular formula is C24H26Cl2N6. The van der Waals surface area contributed by atoms with E-state index in [9.17, 15) is 0 Å². The highest BCUT2D eigenvalue weighted by Crippen LogP contribution is 2.25. The third-order valence-electron chi connectivity index (χ3n) is 5.12. The molecular weight excluding hydrogens is 443 g/mol. The van der Waals surface area contributed by atoms with Crippen molar-refractivity contribution < 1.29 is 0 Å². The van der Waals surface area contributed by atoms with E-state index in [1.165, 1.54) is 0 Å². The van der Waals surface area contributed by atoms with Gasteiger partial charge in [0.05, 0.1) is 11.0 Å². The van der Waals surface area contributed by atoms with Crippen molar-refractivity contribution in [1.29, 1.82) is 0 Å². The summed E-state index contributed by atoms with van der Waals surface area (Å²) in [5.41, 5.74) is 3.95. The number of nitrogens with one attached hydrogen (secondary N) is 4. The van der Waals surface area contributed by atoms with E-state index in [4.69, 9.17) is 23.2 Å². The zero-order valence-corrected chi connectivity index (χ0v) is 19.2. The summed E-state index contributed by atoms with van der Waals surface area (Å²) in [6.07, 6.45) is 3.60. The van der Waals surface area contributed by atoms with Crippen LogP contribution in [0, 0.1) is 0 Å². The third kappa shape index (κ3) is 5.99. The normalized spacial score (nSPS) is 11.2. The van der Waals surface area contributed by atoms with Crippen LogP contribution in [0.4, 0.5) is 11.4 Å². The number of hydrogen-bond donors (Lipinski definition) is 4. The molecule has 6 nitrogen and oxygen atoms in total. The van der Waals surface area contributed by atoms with Crippen LogP contribution >= 0.6 is 23.2 Å². The lowest BCUT2D eigenvalue weighted by atomic mass is 10.2. The molecule has 0 aliphatic carbocycles. The molecule has 0 atom stereocenters. The molecule has 4 rings (SSSR count). The number of pyridine rings is 2. The largest absolute Gasteiger partial charge is 0.383 e. The van der Waals surface area contributed by atoms with Gasteiger partial charge in [-0.1, -0.05) is 23.2 Å². The number of rotatable bonds is 11. The van der Waals surface area contributed by atoms with Gasteiger partial charge in [-0.15, -0.1) is 0 Å². The molecule has 0 aliphatic heterocycles. The number of aromatic nitrogens is 2. The summed E-state index contributed by atoms with van der Waals surface area (Å²) in [4.78, 5) is 8.74. The topological polar surface area (TPSA) is 73.9 Å². The molecule has 0 spiro atoms. The van der Waals surface area contributed by atoms with Gasteiger partial charge in [0, 0.05) is 83.9 Å². The van der Waals surface area contributed by atoms with E-state index < -0.39 is 0 Å². The van der Waals surface area contributed by atoms with Crippen molar-refractivity contribution in [2.24, 2.45) is 0 Å². The highest BCUT2D eigenvalue weighted by atomic mass is 35.5. The fourth-order valence-electron chi connectivity index (χ4n) is 3.55. The first-order chi connectivity index (χ1) is 15.7. The fraction of sp³-hybridized carbons (Fsp3) is 0.250. The van der Waals surface area contributed by atoms with Crippen LogP contribution in [-0.2, 0) is 0 Å². The van der Waals surface area contributed by atoms with Crippen molar-refractivity contribution in [1.82, 2.24) is 20.6 Å². The summed E-state index contributed by atoms with van der Waals surface area (Å²) < 4.78 is 0. The fourth-order valence-corrected chi connectivity index (χ4v) is 3.88. The third-order valence-corrected chi connectivity index (χ3v) is 5.59. The maximum absolute atomic E-state index is 6.05. The van der Waals surface area contributed by atoms with Crippen molar-refractivity contribution in [3.05, 3.63) is 71.0 Å². The number of nitrogens with zero attached hydrogens (tertiary/aromatic N) is 2. The van der Waals surface area contributed by atoms with Gasteiger partial charge in [-0.2, -0.15) is 0 Å². The van der Waals surface area contributed by atoms with Crippen LogP contribution in [0.25, 0.3) is 21.8 Å². The minimum absolute atomic E-state index is 0.700. The van der Waals surface area contributed by atoms with E-state index in [0.717, 1.165) is 72.4 Å². The highest BCUT2D eigenvalue weighted by molar-refractivity contribution is 6.31. The Hall–Kier alpha value is -2.64. The van der Waals surface area contributed by atoms with Crippen LogP contribution in [0.1, 0.15) is 0 Å². The molecule has 0 radical (unpaired) electrons. The summed E-state index contributed by atoms with van der Waals surface area (Å²) in [6, 6.07) is 15.5. The maximum Gasteiger partial charge on any atom is 0.0737 e. The Morgan fingerprint density at radius 1 is 0.562 bits per heavy atom. The average Bonchev–Trinajstić information content (AvgIpc) is 2.80. The van der Waals surface area contributed by atoms with Crippen LogP contribution in [0.2, 0.25) is 10.0 Å². The zero-order valence-electron chi connectivity index (χ0n) is 17.7. The average molecular weight is 469 g/mol. The molecule has 0 amide bonds. The lowest BCUT2D eigenvalue weighted by Crippen LogP contribution is -2.32. The number of fused-ring (bicyclic) bond motifs is 2. The molecule has 2 heterocycles. The van der Waals surface area contributed by atoms with Crippen LogP contribution in [0.3, 0.4) is 0 Å². The number of benzene rings is 2. The Balaban J connectivity index is 1.10. The van der Waals surface area contributed by atoms with Crippen LogP contribution in [-0.4, -0.2) is 49.2 Å². The Bertz CT molecular complexity index is 1090. The second kappa shape index (κ2) is 11.3. The standard InChI is InChI=1S/C24H26Cl2N6/c25-17-1-3-19-21(5-7-29-23(19)15-17)31-13-11-27-9-10-28-12-14-32-22-6-8-30-24-16-18(26)2-4-20(22)24/h1-8,15-16,27-28H,9-14H2,(H,29,31)(H,30,32). The van der Waals surface area contributed by atoms with E-state index in [1.54, 1.807) is 12.4 Å². The van der Waals surface area contributed by atoms with Gasteiger partial charge >= 0.3 is 0 Å². The molecule has 4 aromatic rings. The summed E-state index contributed by atoms with van der Waals surface area (Å²) in [6.45, 7) is 5.24. The van der Waals surface area contributed by atoms with Gasteiger partial charge in [0.1, 0.15) is 0 Å². The lowest BCUT2D eigenvalue weighted by Gasteiger charge is -2.12. The van der Waals surface area contributed by atoms with Crippen molar-refractivity contribution in [2.75, 3.05) is 49.9 Å². The molecule has 2 aromatic heterocycles. The van der Waals surface area contributed by atoms with Gasteiger partial charge in [-0.3, -0.25) is 9.97 Å². The van der Waals surface area contributed by atoms with Crippen LogP contribution < -0.4 is 21.3 Å². The number of hydrogen-bond acceptors (Lipinski definition) is 6. The van der Waals surface area contributed by atoms with Gasteiger partial charge in [0.2, 0.25) is 0 Å². The van der Waals surface area contributed by atoms with Gasteiger partial charge in [0.25, 0.3) is 0 Å². The molecule has 0 saturated heterocycles. The second-order valence-corrected chi connectivity index (χ2v) is 8.27. The molecule has 0 saturated carbocycles. The van der Waals surface area contributed by atoms with Crippen molar-refractivity contribution in [3.63, 3.8) is 0 Å². The van der Waals surface area contributed by atoms with Crippen molar-refractivity contribution >= 4 is 56.4 Å². The van der Waals surface area contributed by atoms with E-state index in [1.807, 2.05) is 48.5 Å². The first kappa shape index (κ1) is 22.6. The summed E-state index contributed by atoms with van der Waals surface area (Å²) in [7, 11) is 0. The van der Waals surface area contributed by atoms with Crippen molar-refractivity contribution in [3.8, 4) is 0 Å². The summed E-state index contributed by atoms with van der Waals surface area (Å²) in [5.74, 6) is 0. The van der Waals surface area contributed by atoms with Crippen molar-refractivity contribution in [2.45, 2.75) is 0 Å². The van der Waals surface area contributed by atoms with Gasteiger partial charge in [0.15, 0.2) is 0 Å². The Morgan fingerprint density at radius 3 is 1.47 bits per heavy atom. The molecule has 4 N–H and O–H groups in total. The van der Waals surface area contributed by atoms with E-state index in [2.05, 4.69) is 31.2 Å². The summed E-state index contributed by atoms with van der Waals surface area (Å²) >= 11 is 12.1. The SMILES string of the molecule is Clc1ccc2c(NCCNCCNCCNc3ccnc4cc(Cl)ccc34)ccnc2c1. The predicted molar refractivity (Wildman–Crippen MR) is 136 cm³/mol. The first-order valence-corrected chi connectivity index (χ1v) is 11.4. The highest BCUT2D eigenvalue weighted by Gasteiger charge is 2.03. The Morgan fingerprint density at radius 2 is 1.00 bits per heavy atom. The quantitative estimate of drug-likeness (QED) is 0.237. The smallest absolute Gasteiger partial charge is 0.0737 e. The number of anilines is 2. The van der Waals surface area contributed by atoms with Crippen LogP contribution in [0.5, 0.6) is 0 Å². The lowest BCUT2D eigenvalue weighted by molar-refractivity contribution is 0.627. The number of halogens is 2. The molecule has 2 aromatic carbocycles. The molecule has 0 fully saturated rings. The van der Waals surface area contributed by atoms with Gasteiger partial charge in [-0.05, 0) is 48.5 Å². The minimum atomic E-state index is 0.700. The van der Waals surface area contributed by atoms with Gasteiger partial charge < -0.3 is 21.3 Å². The minimum Gasteiger partial charge on any atom is -0.383 e.